The Bertz CT molecular complexity index is 583. The summed E-state index contributed by atoms with van der Waals surface area (Å²) in [6, 6.07) is 1.31. The molecule has 25 heavy (non-hydrogen) atoms. The fourth-order valence-corrected chi connectivity index (χ4v) is 4.20. The molecule has 1 saturated heterocycles. The van der Waals surface area contributed by atoms with E-state index in [0.717, 1.165) is 44.8 Å². The van der Waals surface area contributed by atoms with Crippen LogP contribution in [0.15, 0.2) is 12.1 Å². The van der Waals surface area contributed by atoms with E-state index in [1.807, 2.05) is 0 Å². The van der Waals surface area contributed by atoms with E-state index in [0.29, 0.717) is 19.2 Å². The number of nitrogens with one attached hydrogen (secondary N) is 1. The first-order valence-corrected chi connectivity index (χ1v) is 8.76. The standard InChI is InChI=1S/C17H21ClF4N2.ClH/c18-14-10-12(17(20,21)22)9-13(15(14)19)16(11-3-1-2-4-11)24-7-5-23-6-8-24;/h9-11,16,23H,1-8H2;1H/t16-;/m0./s1. The summed E-state index contributed by atoms with van der Waals surface area (Å²) in [7, 11) is 0. The summed E-state index contributed by atoms with van der Waals surface area (Å²) in [5.41, 5.74) is -0.773. The Kier molecular flexibility index (Phi) is 6.99. The summed E-state index contributed by atoms with van der Waals surface area (Å²) in [5.74, 6) is -0.530. The summed E-state index contributed by atoms with van der Waals surface area (Å²) in [5, 5.41) is 2.79. The highest BCUT2D eigenvalue weighted by atomic mass is 35.5. The summed E-state index contributed by atoms with van der Waals surface area (Å²) >= 11 is 5.81. The number of nitrogens with zero attached hydrogens (tertiary/aromatic N) is 1. The molecule has 8 heteroatoms. The second-order valence-corrected chi connectivity index (χ2v) is 7.04. The lowest BCUT2D eigenvalue weighted by molar-refractivity contribution is -0.137. The maximum absolute atomic E-state index is 14.7. The Morgan fingerprint density at radius 1 is 1.12 bits per heavy atom. The van der Waals surface area contributed by atoms with Crippen molar-refractivity contribution in [1.29, 1.82) is 0 Å². The van der Waals surface area contributed by atoms with Gasteiger partial charge < -0.3 is 5.32 Å². The van der Waals surface area contributed by atoms with Crippen LogP contribution < -0.4 is 5.32 Å². The Morgan fingerprint density at radius 3 is 2.28 bits per heavy atom. The van der Waals surface area contributed by atoms with Crippen molar-refractivity contribution in [3.05, 3.63) is 34.1 Å². The first kappa shape index (κ1) is 20.7. The molecule has 2 fully saturated rings. The highest BCUT2D eigenvalue weighted by molar-refractivity contribution is 6.30. The lowest BCUT2D eigenvalue weighted by Gasteiger charge is -2.39. The van der Waals surface area contributed by atoms with Crippen LogP contribution in [0.5, 0.6) is 0 Å². The molecule has 0 bridgehead atoms. The Hall–Kier alpha value is -0.560. The third-order valence-electron chi connectivity index (χ3n) is 5.09. The lowest BCUT2D eigenvalue weighted by atomic mass is 9.88. The van der Waals surface area contributed by atoms with Gasteiger partial charge in [0.25, 0.3) is 0 Å². The van der Waals surface area contributed by atoms with Crippen molar-refractivity contribution in [3.8, 4) is 0 Å². The van der Waals surface area contributed by atoms with Crippen LogP contribution >= 0.6 is 24.0 Å². The van der Waals surface area contributed by atoms with E-state index >= 15 is 0 Å². The van der Waals surface area contributed by atoms with E-state index < -0.39 is 22.6 Å². The van der Waals surface area contributed by atoms with Crippen molar-refractivity contribution < 1.29 is 17.6 Å². The zero-order valence-corrected chi connectivity index (χ0v) is 15.3. The molecule has 0 aromatic heterocycles. The zero-order chi connectivity index (χ0) is 17.3. The topological polar surface area (TPSA) is 15.3 Å². The number of piperazine rings is 1. The van der Waals surface area contributed by atoms with Gasteiger partial charge >= 0.3 is 6.18 Å². The molecule has 1 atom stereocenters. The van der Waals surface area contributed by atoms with Gasteiger partial charge in [0.05, 0.1) is 10.6 Å². The molecule has 1 N–H and O–H groups in total. The SMILES string of the molecule is Cl.Fc1c(Cl)cc(C(F)(F)F)cc1[C@H](C1CCCC1)N1CCNCC1. The smallest absolute Gasteiger partial charge is 0.314 e. The van der Waals surface area contributed by atoms with Gasteiger partial charge in [-0.15, -0.1) is 12.4 Å². The van der Waals surface area contributed by atoms with E-state index in [2.05, 4.69) is 10.2 Å². The average Bonchev–Trinajstić information content (AvgIpc) is 3.05. The quantitative estimate of drug-likeness (QED) is 0.713. The van der Waals surface area contributed by atoms with E-state index in [1.165, 1.54) is 0 Å². The third kappa shape index (κ3) is 4.59. The molecule has 2 aliphatic rings. The Balaban J connectivity index is 0.00000225. The third-order valence-corrected chi connectivity index (χ3v) is 5.37. The van der Waals surface area contributed by atoms with Gasteiger partial charge in [-0.3, -0.25) is 4.90 Å². The normalized spacial score (nSPS) is 21.2. The van der Waals surface area contributed by atoms with Crippen LogP contribution in [0, 0.1) is 11.7 Å². The second kappa shape index (κ2) is 8.42. The first-order chi connectivity index (χ1) is 11.4. The fourth-order valence-electron chi connectivity index (χ4n) is 3.97. The summed E-state index contributed by atoms with van der Waals surface area (Å²) in [6.07, 6.45) is -0.608. The van der Waals surface area contributed by atoms with Crippen LogP contribution in [0.4, 0.5) is 17.6 Å². The largest absolute Gasteiger partial charge is 0.416 e. The highest BCUT2D eigenvalue weighted by Gasteiger charge is 2.37. The highest BCUT2D eigenvalue weighted by Crippen LogP contribution is 2.43. The summed E-state index contributed by atoms with van der Waals surface area (Å²) in [6.45, 7) is 2.93. The van der Waals surface area contributed by atoms with Gasteiger partial charge in [-0.1, -0.05) is 24.4 Å². The van der Waals surface area contributed by atoms with E-state index in [1.54, 1.807) is 0 Å². The van der Waals surface area contributed by atoms with Crippen molar-refractivity contribution in [2.75, 3.05) is 26.2 Å². The van der Waals surface area contributed by atoms with Gasteiger partial charge in [0.15, 0.2) is 0 Å². The van der Waals surface area contributed by atoms with Crippen molar-refractivity contribution in [2.45, 2.75) is 37.9 Å². The molecule has 1 aliphatic carbocycles. The van der Waals surface area contributed by atoms with Gasteiger partial charge in [-0.25, -0.2) is 4.39 Å². The molecule has 2 nitrogen and oxygen atoms in total. The maximum atomic E-state index is 14.7. The predicted octanol–water partition coefficient (Wildman–Crippen LogP) is 5.06. The molecular formula is C17H22Cl2F4N2. The van der Waals surface area contributed by atoms with Gasteiger partial charge in [-0.2, -0.15) is 13.2 Å². The van der Waals surface area contributed by atoms with Crippen molar-refractivity contribution in [1.82, 2.24) is 10.2 Å². The van der Waals surface area contributed by atoms with Crippen molar-refractivity contribution in [2.24, 2.45) is 5.92 Å². The number of alkyl halides is 3. The van der Waals surface area contributed by atoms with Crippen LogP contribution in [0.3, 0.4) is 0 Å². The van der Waals surface area contributed by atoms with E-state index in [9.17, 15) is 17.6 Å². The average molecular weight is 401 g/mol. The van der Waals surface area contributed by atoms with Crippen LogP contribution in [-0.2, 0) is 6.18 Å². The Morgan fingerprint density at radius 2 is 1.72 bits per heavy atom. The van der Waals surface area contributed by atoms with Gasteiger partial charge in [0.2, 0.25) is 0 Å². The molecule has 3 rings (SSSR count). The predicted molar refractivity (Wildman–Crippen MR) is 92.8 cm³/mol. The zero-order valence-electron chi connectivity index (χ0n) is 13.7. The van der Waals surface area contributed by atoms with Crippen molar-refractivity contribution >= 4 is 24.0 Å². The van der Waals surface area contributed by atoms with Gasteiger partial charge in [-0.05, 0) is 30.9 Å². The molecular weight excluding hydrogens is 379 g/mol. The van der Waals surface area contributed by atoms with Gasteiger partial charge in [0, 0.05) is 37.8 Å². The molecule has 1 heterocycles. The van der Waals surface area contributed by atoms with Crippen molar-refractivity contribution in [3.63, 3.8) is 0 Å². The van der Waals surface area contributed by atoms with Crippen LogP contribution in [0.25, 0.3) is 0 Å². The maximum Gasteiger partial charge on any atom is 0.416 e. The number of hydrogen-bond acceptors (Lipinski definition) is 2. The van der Waals surface area contributed by atoms with E-state index in [-0.39, 0.29) is 29.9 Å². The number of hydrogen-bond donors (Lipinski definition) is 1. The molecule has 1 saturated carbocycles. The summed E-state index contributed by atoms with van der Waals surface area (Å²) in [4.78, 5) is 2.11. The molecule has 1 aromatic rings. The molecule has 1 aromatic carbocycles. The second-order valence-electron chi connectivity index (χ2n) is 6.63. The van der Waals surface area contributed by atoms with Gasteiger partial charge in [0.1, 0.15) is 5.82 Å². The van der Waals surface area contributed by atoms with E-state index in [4.69, 9.17) is 11.6 Å². The number of halogens is 6. The molecule has 1 aliphatic heterocycles. The molecule has 0 spiro atoms. The minimum absolute atomic E-state index is 0. The molecule has 0 amide bonds. The molecule has 0 radical (unpaired) electrons. The minimum Gasteiger partial charge on any atom is -0.314 e. The van der Waals surface area contributed by atoms with Crippen LogP contribution in [-0.4, -0.2) is 31.1 Å². The molecule has 0 unspecified atom stereocenters. The fraction of sp³-hybridized carbons (Fsp3) is 0.647. The monoisotopic (exact) mass is 400 g/mol. The van der Waals surface area contributed by atoms with Crippen LogP contribution in [0.1, 0.15) is 42.9 Å². The number of rotatable bonds is 3. The number of benzene rings is 1. The Labute approximate surface area is 156 Å². The molecule has 142 valence electrons. The summed E-state index contributed by atoms with van der Waals surface area (Å²) < 4.78 is 54.2. The van der Waals surface area contributed by atoms with Crippen LogP contribution in [0.2, 0.25) is 5.02 Å². The lowest BCUT2D eigenvalue weighted by Crippen LogP contribution is -2.47. The minimum atomic E-state index is -4.53. The first-order valence-electron chi connectivity index (χ1n) is 8.39.